The largest absolute Gasteiger partial charge is 0.382 e. The topological polar surface area (TPSA) is 103 Å². The molecule has 32 heavy (non-hydrogen) atoms. The highest BCUT2D eigenvalue weighted by Crippen LogP contribution is 2.26. The average molecular weight is 433 g/mol. The van der Waals surface area contributed by atoms with Gasteiger partial charge in [0.05, 0.1) is 11.9 Å². The molecule has 8 heteroatoms. The summed E-state index contributed by atoms with van der Waals surface area (Å²) in [5.41, 5.74) is 4.65. The van der Waals surface area contributed by atoms with Crippen LogP contribution in [0.3, 0.4) is 0 Å². The maximum absolute atomic E-state index is 8.77. The van der Waals surface area contributed by atoms with Crippen molar-refractivity contribution in [3.63, 3.8) is 0 Å². The minimum Gasteiger partial charge on any atom is -0.382 e. The van der Waals surface area contributed by atoms with Crippen molar-refractivity contribution in [2.45, 2.75) is 19.8 Å². The lowest BCUT2D eigenvalue weighted by Gasteiger charge is -2.12. The first-order valence-electron chi connectivity index (χ1n) is 10.6. The Labute approximate surface area is 190 Å². The van der Waals surface area contributed by atoms with Crippen LogP contribution in [-0.4, -0.2) is 46.4 Å². The van der Waals surface area contributed by atoms with Crippen LogP contribution in [0, 0.1) is 11.3 Å². The second-order valence-electron chi connectivity index (χ2n) is 7.12. The van der Waals surface area contributed by atoms with Gasteiger partial charge in [-0.1, -0.05) is 12.1 Å². The number of aryl methyl sites for hydroxylation is 1. The van der Waals surface area contributed by atoms with E-state index in [-0.39, 0.29) is 0 Å². The molecule has 3 aromatic heterocycles. The first-order chi connectivity index (χ1) is 15.6. The minimum atomic E-state index is 0.454. The quantitative estimate of drug-likeness (QED) is 0.332. The van der Waals surface area contributed by atoms with Crippen LogP contribution in [0.25, 0.3) is 11.1 Å². The van der Waals surface area contributed by atoms with E-state index in [1.807, 2.05) is 51.7 Å². The molecule has 0 aliphatic rings. The SMILES string of the molecule is C=CC.CNc1ncc(-c2cnn(C)c2)cc1NCCCNCCc1ccc(C#N)nc1. The fraction of sp³-hybridized carbons (Fsp3) is 0.333. The van der Waals surface area contributed by atoms with Crippen molar-refractivity contribution in [2.24, 2.45) is 7.05 Å². The molecule has 3 rings (SSSR count). The summed E-state index contributed by atoms with van der Waals surface area (Å²) < 4.78 is 1.79. The van der Waals surface area contributed by atoms with E-state index in [2.05, 4.69) is 43.7 Å². The highest BCUT2D eigenvalue weighted by atomic mass is 15.2. The molecule has 0 aliphatic carbocycles. The van der Waals surface area contributed by atoms with Gasteiger partial charge in [0.15, 0.2) is 0 Å². The van der Waals surface area contributed by atoms with Crippen LogP contribution in [-0.2, 0) is 13.5 Å². The van der Waals surface area contributed by atoms with Gasteiger partial charge in [-0.05, 0) is 50.6 Å². The summed E-state index contributed by atoms with van der Waals surface area (Å²) in [6.07, 6.45) is 11.1. The molecule has 168 valence electrons. The van der Waals surface area contributed by atoms with Gasteiger partial charge in [-0.2, -0.15) is 10.4 Å². The third-order valence-corrected chi connectivity index (χ3v) is 4.54. The summed E-state index contributed by atoms with van der Waals surface area (Å²) in [5, 5.41) is 23.0. The normalized spacial score (nSPS) is 9.94. The number of rotatable bonds is 10. The molecule has 0 spiro atoms. The summed E-state index contributed by atoms with van der Waals surface area (Å²) in [4.78, 5) is 8.59. The summed E-state index contributed by atoms with van der Waals surface area (Å²) >= 11 is 0. The molecule has 3 heterocycles. The van der Waals surface area contributed by atoms with Gasteiger partial charge >= 0.3 is 0 Å². The highest BCUT2D eigenvalue weighted by molar-refractivity contribution is 5.73. The van der Waals surface area contributed by atoms with E-state index in [4.69, 9.17) is 5.26 Å². The summed E-state index contributed by atoms with van der Waals surface area (Å²) in [6, 6.07) is 7.84. The Morgan fingerprint density at radius 3 is 2.56 bits per heavy atom. The smallest absolute Gasteiger partial charge is 0.149 e. The first kappa shape index (κ1) is 24.6. The zero-order valence-corrected chi connectivity index (χ0v) is 19.1. The van der Waals surface area contributed by atoms with Gasteiger partial charge in [0.1, 0.15) is 17.6 Å². The van der Waals surface area contributed by atoms with Crippen LogP contribution >= 0.6 is 0 Å². The number of pyridine rings is 2. The van der Waals surface area contributed by atoms with Crippen molar-refractivity contribution in [1.29, 1.82) is 5.26 Å². The lowest BCUT2D eigenvalue weighted by molar-refractivity contribution is 0.659. The zero-order chi connectivity index (χ0) is 23.2. The van der Waals surface area contributed by atoms with Gasteiger partial charge in [-0.3, -0.25) is 4.68 Å². The van der Waals surface area contributed by atoms with Gasteiger partial charge in [-0.15, -0.1) is 6.58 Å². The number of allylic oxidation sites excluding steroid dienone is 1. The molecule has 0 saturated carbocycles. The van der Waals surface area contributed by atoms with E-state index in [1.165, 1.54) is 0 Å². The highest BCUT2D eigenvalue weighted by Gasteiger charge is 2.07. The zero-order valence-electron chi connectivity index (χ0n) is 19.1. The van der Waals surface area contributed by atoms with E-state index in [9.17, 15) is 0 Å². The van der Waals surface area contributed by atoms with Crippen molar-refractivity contribution in [3.8, 4) is 17.2 Å². The molecule has 8 nitrogen and oxygen atoms in total. The predicted octanol–water partition coefficient (Wildman–Crippen LogP) is 3.62. The number of hydrogen-bond acceptors (Lipinski definition) is 7. The van der Waals surface area contributed by atoms with Gasteiger partial charge in [0.25, 0.3) is 0 Å². The van der Waals surface area contributed by atoms with Crippen molar-refractivity contribution >= 4 is 11.5 Å². The molecule has 0 fully saturated rings. The summed E-state index contributed by atoms with van der Waals surface area (Å²) in [7, 11) is 3.78. The second kappa shape index (κ2) is 13.6. The number of hydrogen-bond donors (Lipinski definition) is 3. The van der Waals surface area contributed by atoms with Gasteiger partial charge in [0.2, 0.25) is 0 Å². The number of anilines is 2. The molecule has 0 radical (unpaired) electrons. The van der Waals surface area contributed by atoms with Crippen LogP contribution < -0.4 is 16.0 Å². The molecular weight excluding hydrogens is 400 g/mol. The fourth-order valence-corrected chi connectivity index (χ4v) is 2.96. The first-order valence-corrected chi connectivity index (χ1v) is 10.6. The number of nitrogens with one attached hydrogen (secondary N) is 3. The molecule has 0 unspecified atom stereocenters. The molecule has 0 bridgehead atoms. The predicted molar refractivity (Wildman–Crippen MR) is 130 cm³/mol. The molecule has 0 saturated heterocycles. The third kappa shape index (κ3) is 7.85. The molecule has 3 aromatic rings. The van der Waals surface area contributed by atoms with Crippen molar-refractivity contribution in [1.82, 2.24) is 25.1 Å². The van der Waals surface area contributed by atoms with Crippen LogP contribution in [0.1, 0.15) is 24.6 Å². The second-order valence-corrected chi connectivity index (χ2v) is 7.12. The Morgan fingerprint density at radius 1 is 1.12 bits per heavy atom. The summed E-state index contributed by atoms with van der Waals surface area (Å²) in [5.74, 6) is 0.832. The maximum Gasteiger partial charge on any atom is 0.149 e. The third-order valence-electron chi connectivity index (χ3n) is 4.54. The van der Waals surface area contributed by atoms with Crippen LogP contribution in [0.4, 0.5) is 11.5 Å². The van der Waals surface area contributed by atoms with Crippen LogP contribution in [0.15, 0.2) is 55.6 Å². The molecule has 0 aromatic carbocycles. The van der Waals surface area contributed by atoms with Gasteiger partial charge < -0.3 is 16.0 Å². The molecular formula is C24H32N8. The van der Waals surface area contributed by atoms with Gasteiger partial charge in [-0.25, -0.2) is 9.97 Å². The van der Waals surface area contributed by atoms with E-state index in [1.54, 1.807) is 23.0 Å². The Hall–Kier alpha value is -3.70. The Kier molecular flexibility index (Phi) is 10.4. The van der Waals surface area contributed by atoms with Crippen molar-refractivity contribution in [3.05, 3.63) is 66.9 Å². The Morgan fingerprint density at radius 2 is 1.94 bits per heavy atom. The maximum atomic E-state index is 8.77. The van der Waals surface area contributed by atoms with Crippen molar-refractivity contribution < 1.29 is 0 Å². The van der Waals surface area contributed by atoms with Crippen LogP contribution in [0.5, 0.6) is 0 Å². The standard InChI is InChI=1S/C21H26N8.C3H6/c1-23-21-20(10-17(13-27-21)18-14-28-29(2)15-18)25-8-3-7-24-9-6-16-4-5-19(11-22)26-12-16;1-3-2/h4-5,10,12-15,24-25H,3,6-9H2,1-2H3,(H,23,27);3H,1H2,2H3. The van der Waals surface area contributed by atoms with Crippen molar-refractivity contribution in [2.75, 3.05) is 37.3 Å². The lowest BCUT2D eigenvalue weighted by Crippen LogP contribution is -2.21. The number of nitriles is 1. The number of nitrogens with zero attached hydrogens (tertiary/aromatic N) is 5. The monoisotopic (exact) mass is 432 g/mol. The fourth-order valence-electron chi connectivity index (χ4n) is 2.96. The number of aromatic nitrogens is 4. The minimum absolute atomic E-state index is 0.454. The van der Waals surface area contributed by atoms with E-state index < -0.39 is 0 Å². The molecule has 0 aliphatic heterocycles. The lowest BCUT2D eigenvalue weighted by atomic mass is 10.1. The molecule has 0 atom stereocenters. The van der Waals surface area contributed by atoms with Crippen LogP contribution in [0.2, 0.25) is 0 Å². The Balaban J connectivity index is 0.00000114. The van der Waals surface area contributed by atoms with E-state index >= 15 is 0 Å². The molecule has 0 amide bonds. The average Bonchev–Trinajstić information content (AvgIpc) is 3.25. The van der Waals surface area contributed by atoms with E-state index in [0.29, 0.717) is 5.69 Å². The Bertz CT molecular complexity index is 1000. The van der Waals surface area contributed by atoms with E-state index in [0.717, 1.165) is 60.7 Å². The summed E-state index contributed by atoms with van der Waals surface area (Å²) in [6.45, 7) is 7.90. The molecule has 3 N–H and O–H groups in total. The van der Waals surface area contributed by atoms with Gasteiger partial charge in [0, 0.05) is 50.4 Å².